The Kier molecular flexibility index (Phi) is 2.68. The number of rotatable bonds is 2. The van der Waals surface area contributed by atoms with E-state index in [1.54, 1.807) is 19.1 Å². The van der Waals surface area contributed by atoms with E-state index < -0.39 is 11.7 Å². The van der Waals surface area contributed by atoms with Crippen molar-refractivity contribution in [3.8, 4) is 0 Å². The number of aryl methyl sites for hydroxylation is 1. The van der Waals surface area contributed by atoms with Crippen LogP contribution in [0.5, 0.6) is 0 Å². The van der Waals surface area contributed by atoms with Crippen molar-refractivity contribution in [1.82, 2.24) is 5.16 Å². The van der Waals surface area contributed by atoms with Gasteiger partial charge in [0.15, 0.2) is 0 Å². The minimum Gasteiger partial charge on any atom is -0.364 e. The monoisotopic (exact) mass is 220 g/mol. The van der Waals surface area contributed by atoms with Gasteiger partial charge in [-0.15, -0.1) is 0 Å². The molecule has 0 radical (unpaired) electrons. The zero-order valence-electron chi connectivity index (χ0n) is 8.53. The normalized spacial score (nSPS) is 10.1. The van der Waals surface area contributed by atoms with Crippen LogP contribution in [-0.4, -0.2) is 11.1 Å². The van der Waals surface area contributed by atoms with Gasteiger partial charge in [0.05, 0.1) is 11.4 Å². The van der Waals surface area contributed by atoms with Gasteiger partial charge in [-0.1, -0.05) is 17.3 Å². The summed E-state index contributed by atoms with van der Waals surface area (Å²) in [6.45, 7) is 1.64. The number of aromatic nitrogens is 1. The molecule has 0 atom stereocenters. The average Bonchev–Trinajstić information content (AvgIpc) is 2.68. The molecule has 16 heavy (non-hydrogen) atoms. The van der Waals surface area contributed by atoms with Gasteiger partial charge in [-0.05, 0) is 19.1 Å². The summed E-state index contributed by atoms with van der Waals surface area (Å²) in [4.78, 5) is 11.7. The van der Waals surface area contributed by atoms with Gasteiger partial charge in [-0.3, -0.25) is 4.79 Å². The number of halogens is 1. The van der Waals surface area contributed by atoms with E-state index >= 15 is 0 Å². The van der Waals surface area contributed by atoms with Crippen molar-refractivity contribution in [2.24, 2.45) is 0 Å². The summed E-state index contributed by atoms with van der Waals surface area (Å²) in [5.74, 6) is -0.922. The molecule has 2 aromatic rings. The maximum Gasteiger partial charge on any atom is 0.260 e. The Morgan fingerprint density at radius 3 is 2.81 bits per heavy atom. The molecule has 0 spiro atoms. The van der Waals surface area contributed by atoms with Crippen molar-refractivity contribution in [3.05, 3.63) is 47.6 Å². The molecule has 4 nitrogen and oxygen atoms in total. The van der Waals surface area contributed by atoms with Gasteiger partial charge in [-0.25, -0.2) is 4.39 Å². The highest BCUT2D eigenvalue weighted by Gasteiger charge is 2.13. The Morgan fingerprint density at radius 1 is 1.44 bits per heavy atom. The number of carbonyl (C=O) groups is 1. The molecule has 0 fully saturated rings. The number of carbonyl (C=O) groups excluding carboxylic acids is 1. The highest BCUT2D eigenvalue weighted by molar-refractivity contribution is 6.04. The third kappa shape index (κ3) is 1.93. The molecule has 0 aliphatic rings. The molecular weight excluding hydrogens is 211 g/mol. The van der Waals surface area contributed by atoms with Crippen molar-refractivity contribution in [3.63, 3.8) is 0 Å². The molecule has 1 N–H and O–H groups in total. The third-order valence-electron chi connectivity index (χ3n) is 2.12. The lowest BCUT2D eigenvalue weighted by Crippen LogP contribution is -2.13. The second-order valence-corrected chi connectivity index (χ2v) is 3.25. The average molecular weight is 220 g/mol. The van der Waals surface area contributed by atoms with Crippen LogP contribution in [0.25, 0.3) is 0 Å². The predicted octanol–water partition coefficient (Wildman–Crippen LogP) is 2.37. The van der Waals surface area contributed by atoms with Gasteiger partial charge in [0.1, 0.15) is 17.6 Å². The van der Waals surface area contributed by atoms with Gasteiger partial charge >= 0.3 is 0 Å². The number of benzene rings is 1. The molecule has 0 aliphatic carbocycles. The van der Waals surface area contributed by atoms with Crippen molar-refractivity contribution in [1.29, 1.82) is 0 Å². The zero-order chi connectivity index (χ0) is 11.5. The molecule has 2 rings (SSSR count). The van der Waals surface area contributed by atoms with Gasteiger partial charge in [0.2, 0.25) is 0 Å². The second-order valence-electron chi connectivity index (χ2n) is 3.25. The topological polar surface area (TPSA) is 55.1 Å². The van der Waals surface area contributed by atoms with Crippen LogP contribution in [0.1, 0.15) is 16.1 Å². The Balaban J connectivity index is 2.21. The maximum atomic E-state index is 13.2. The fourth-order valence-electron chi connectivity index (χ4n) is 1.26. The van der Waals surface area contributed by atoms with Gasteiger partial charge in [0, 0.05) is 0 Å². The van der Waals surface area contributed by atoms with Crippen LogP contribution >= 0.6 is 0 Å². The Bertz CT molecular complexity index is 522. The van der Waals surface area contributed by atoms with Crippen molar-refractivity contribution >= 4 is 11.6 Å². The van der Waals surface area contributed by atoms with E-state index in [-0.39, 0.29) is 5.69 Å². The zero-order valence-corrected chi connectivity index (χ0v) is 8.53. The smallest absolute Gasteiger partial charge is 0.260 e. The first kappa shape index (κ1) is 10.4. The number of nitrogens with zero attached hydrogens (tertiary/aromatic N) is 1. The molecule has 5 heteroatoms. The molecule has 0 saturated carbocycles. The van der Waals surface area contributed by atoms with E-state index in [9.17, 15) is 9.18 Å². The fraction of sp³-hybridized carbons (Fsp3) is 0.0909. The molecule has 1 amide bonds. The quantitative estimate of drug-likeness (QED) is 0.845. The first-order chi connectivity index (χ1) is 7.68. The van der Waals surface area contributed by atoms with Crippen LogP contribution in [0.2, 0.25) is 0 Å². The van der Waals surface area contributed by atoms with Crippen LogP contribution < -0.4 is 5.32 Å². The maximum absolute atomic E-state index is 13.2. The molecule has 1 aromatic carbocycles. The minimum atomic E-state index is -0.482. The lowest BCUT2D eigenvalue weighted by molar-refractivity contribution is 0.102. The van der Waals surface area contributed by atoms with E-state index in [4.69, 9.17) is 0 Å². The number of nitrogens with one attached hydrogen (secondary N) is 1. The summed E-state index contributed by atoms with van der Waals surface area (Å²) < 4.78 is 17.9. The lowest BCUT2D eigenvalue weighted by atomic mass is 10.2. The third-order valence-corrected chi connectivity index (χ3v) is 2.12. The second kappa shape index (κ2) is 4.14. The number of hydrogen-bond donors (Lipinski definition) is 1. The van der Waals surface area contributed by atoms with Crippen molar-refractivity contribution in [2.45, 2.75) is 6.92 Å². The van der Waals surface area contributed by atoms with E-state index in [2.05, 4.69) is 15.0 Å². The fourth-order valence-corrected chi connectivity index (χ4v) is 1.26. The largest absolute Gasteiger partial charge is 0.364 e. The summed E-state index contributed by atoms with van der Waals surface area (Å²) in [7, 11) is 0. The molecular formula is C11H9FN2O2. The summed E-state index contributed by atoms with van der Waals surface area (Å²) in [5.41, 5.74) is 0.894. The highest BCUT2D eigenvalue weighted by Crippen LogP contribution is 2.14. The van der Waals surface area contributed by atoms with Gasteiger partial charge < -0.3 is 9.84 Å². The highest BCUT2D eigenvalue weighted by atomic mass is 19.1. The summed E-state index contributed by atoms with van der Waals surface area (Å²) in [5, 5.41) is 6.01. The van der Waals surface area contributed by atoms with Gasteiger partial charge in [0.25, 0.3) is 5.91 Å². The van der Waals surface area contributed by atoms with Crippen LogP contribution in [0.15, 0.2) is 35.1 Å². The molecule has 82 valence electrons. The predicted molar refractivity (Wildman–Crippen MR) is 55.6 cm³/mol. The van der Waals surface area contributed by atoms with E-state index in [1.165, 1.54) is 18.4 Å². The van der Waals surface area contributed by atoms with Gasteiger partial charge in [-0.2, -0.15) is 0 Å². The van der Waals surface area contributed by atoms with Crippen LogP contribution in [0.4, 0.5) is 10.1 Å². The number of para-hydroxylation sites is 1. The number of hydrogen-bond acceptors (Lipinski definition) is 3. The van der Waals surface area contributed by atoms with Crippen molar-refractivity contribution < 1.29 is 13.7 Å². The molecule has 0 unspecified atom stereocenters. The van der Waals surface area contributed by atoms with Crippen LogP contribution in [0.3, 0.4) is 0 Å². The molecule has 0 saturated heterocycles. The first-order valence-electron chi connectivity index (χ1n) is 4.65. The number of amides is 1. The summed E-state index contributed by atoms with van der Waals surface area (Å²) >= 11 is 0. The lowest BCUT2D eigenvalue weighted by Gasteiger charge is -2.04. The minimum absolute atomic E-state index is 0.133. The van der Waals surface area contributed by atoms with Crippen molar-refractivity contribution in [2.75, 3.05) is 5.32 Å². The summed E-state index contributed by atoms with van der Waals surface area (Å²) in [6, 6.07) is 5.95. The Morgan fingerprint density at radius 2 is 2.19 bits per heavy atom. The van der Waals surface area contributed by atoms with E-state index in [0.717, 1.165) is 0 Å². The molecule has 0 bridgehead atoms. The Labute approximate surface area is 91.1 Å². The van der Waals surface area contributed by atoms with Crippen LogP contribution in [-0.2, 0) is 0 Å². The first-order valence-corrected chi connectivity index (χ1v) is 4.65. The van der Waals surface area contributed by atoms with E-state index in [1.807, 2.05) is 0 Å². The molecule has 0 aliphatic heterocycles. The van der Waals surface area contributed by atoms with Crippen LogP contribution in [0, 0.1) is 12.7 Å². The standard InChI is InChI=1S/C11H9FN2O2/c1-7-8(6-16-14-7)11(15)13-10-5-3-2-4-9(10)12/h2-6H,1H3,(H,13,15). The SMILES string of the molecule is Cc1nocc1C(=O)Nc1ccccc1F. The molecule has 1 aromatic heterocycles. The molecule has 1 heterocycles. The number of anilines is 1. The van der Waals surface area contributed by atoms with E-state index in [0.29, 0.717) is 11.3 Å². The Hall–Kier alpha value is -2.17. The summed E-state index contributed by atoms with van der Waals surface area (Å²) in [6.07, 6.45) is 1.23.